The number of rotatable bonds is 6. The van der Waals surface area contributed by atoms with Crippen LogP contribution in [0.1, 0.15) is 36.0 Å². The van der Waals surface area contributed by atoms with Crippen LogP contribution in [0.2, 0.25) is 0 Å². The van der Waals surface area contributed by atoms with Crippen molar-refractivity contribution < 1.29 is 32.2 Å². The van der Waals surface area contributed by atoms with Crippen molar-refractivity contribution >= 4 is 23.4 Å². The zero-order chi connectivity index (χ0) is 23.1. The first-order chi connectivity index (χ1) is 15.2. The maximum Gasteiger partial charge on any atom is 0.573 e. The second-order valence-electron chi connectivity index (χ2n) is 7.43. The third kappa shape index (κ3) is 7.07. The van der Waals surface area contributed by atoms with Gasteiger partial charge in [-0.2, -0.15) is 0 Å². The van der Waals surface area contributed by atoms with E-state index in [4.69, 9.17) is 0 Å². The van der Waals surface area contributed by atoms with Crippen molar-refractivity contribution in [2.75, 3.05) is 17.7 Å². The minimum absolute atomic E-state index is 0.00239. The van der Waals surface area contributed by atoms with Crippen LogP contribution < -0.4 is 20.7 Å². The molecule has 0 heterocycles. The maximum absolute atomic E-state index is 12.2. The number of carbonyl (C=O) groups is 2. The SMILES string of the molecule is COC(=O)c1ccc(NC2CCC(NC(=O)Nc3ccc(OC(F)(F)F)cc3)CC2)cc1. The first-order valence-corrected chi connectivity index (χ1v) is 10.1. The van der Waals surface area contributed by atoms with Crippen molar-refractivity contribution in [3.8, 4) is 5.75 Å². The van der Waals surface area contributed by atoms with Gasteiger partial charge in [0.05, 0.1) is 12.7 Å². The normalized spacial score (nSPS) is 18.4. The monoisotopic (exact) mass is 451 g/mol. The summed E-state index contributed by atoms with van der Waals surface area (Å²) in [5.41, 5.74) is 1.76. The van der Waals surface area contributed by atoms with Gasteiger partial charge in [0, 0.05) is 23.5 Å². The van der Waals surface area contributed by atoms with Crippen LogP contribution in [0, 0.1) is 0 Å². The van der Waals surface area contributed by atoms with Crippen molar-refractivity contribution in [1.82, 2.24) is 5.32 Å². The van der Waals surface area contributed by atoms with Gasteiger partial charge in [-0.1, -0.05) is 0 Å². The summed E-state index contributed by atoms with van der Waals surface area (Å²) in [4.78, 5) is 23.7. The molecule has 3 N–H and O–H groups in total. The van der Waals surface area contributed by atoms with E-state index in [1.807, 2.05) is 12.1 Å². The number of benzene rings is 2. The number of esters is 1. The van der Waals surface area contributed by atoms with Gasteiger partial charge < -0.3 is 25.4 Å². The number of carbonyl (C=O) groups excluding carboxylic acids is 2. The van der Waals surface area contributed by atoms with E-state index in [1.165, 1.54) is 19.2 Å². The molecule has 10 heteroatoms. The largest absolute Gasteiger partial charge is 0.573 e. The average molecular weight is 451 g/mol. The number of methoxy groups -OCH3 is 1. The Hall–Kier alpha value is -3.43. The fourth-order valence-corrected chi connectivity index (χ4v) is 3.53. The van der Waals surface area contributed by atoms with Gasteiger partial charge in [0.25, 0.3) is 0 Å². The van der Waals surface area contributed by atoms with Crippen molar-refractivity contribution in [3.05, 3.63) is 54.1 Å². The lowest BCUT2D eigenvalue weighted by Gasteiger charge is -2.30. The lowest BCUT2D eigenvalue weighted by Crippen LogP contribution is -2.42. The molecule has 7 nitrogen and oxygen atoms in total. The Labute approximate surface area is 183 Å². The van der Waals surface area contributed by atoms with Crippen LogP contribution in [0.5, 0.6) is 5.75 Å². The molecule has 1 saturated carbocycles. The van der Waals surface area contributed by atoms with E-state index in [9.17, 15) is 22.8 Å². The van der Waals surface area contributed by atoms with E-state index in [0.29, 0.717) is 11.3 Å². The number of ether oxygens (including phenoxy) is 2. The summed E-state index contributed by atoms with van der Waals surface area (Å²) in [6.07, 6.45) is -1.49. The molecule has 1 aliphatic rings. The van der Waals surface area contributed by atoms with E-state index in [1.54, 1.807) is 12.1 Å². The van der Waals surface area contributed by atoms with E-state index in [0.717, 1.165) is 43.5 Å². The number of alkyl halides is 3. The molecular weight excluding hydrogens is 427 g/mol. The Morgan fingerprint density at radius 3 is 2.00 bits per heavy atom. The number of hydrogen-bond donors (Lipinski definition) is 3. The predicted molar refractivity (Wildman–Crippen MR) is 113 cm³/mol. The highest BCUT2D eigenvalue weighted by molar-refractivity contribution is 5.90. The average Bonchev–Trinajstić information content (AvgIpc) is 2.75. The van der Waals surface area contributed by atoms with Crippen molar-refractivity contribution in [2.45, 2.75) is 44.1 Å². The first-order valence-electron chi connectivity index (χ1n) is 10.1. The summed E-state index contributed by atoms with van der Waals surface area (Å²) in [6.45, 7) is 0. The van der Waals surface area contributed by atoms with Gasteiger partial charge >= 0.3 is 18.4 Å². The van der Waals surface area contributed by atoms with Crippen LogP contribution in [0.3, 0.4) is 0 Å². The molecule has 1 aliphatic carbocycles. The van der Waals surface area contributed by atoms with Gasteiger partial charge in [0.15, 0.2) is 0 Å². The number of hydrogen-bond acceptors (Lipinski definition) is 5. The van der Waals surface area contributed by atoms with Gasteiger partial charge in [-0.05, 0) is 74.2 Å². The highest BCUT2D eigenvalue weighted by atomic mass is 19.4. The Morgan fingerprint density at radius 1 is 0.875 bits per heavy atom. The lowest BCUT2D eigenvalue weighted by molar-refractivity contribution is -0.274. The van der Waals surface area contributed by atoms with E-state index in [2.05, 4.69) is 25.4 Å². The quantitative estimate of drug-likeness (QED) is 0.543. The molecule has 0 atom stereocenters. The molecule has 0 unspecified atom stereocenters. The molecule has 0 radical (unpaired) electrons. The van der Waals surface area contributed by atoms with E-state index >= 15 is 0 Å². The Balaban J connectivity index is 1.40. The molecule has 0 aliphatic heterocycles. The smallest absolute Gasteiger partial charge is 0.465 e. The summed E-state index contributed by atoms with van der Waals surface area (Å²) in [7, 11) is 1.34. The molecule has 0 spiro atoms. The molecule has 3 rings (SSSR count). The van der Waals surface area contributed by atoms with Crippen LogP contribution >= 0.6 is 0 Å². The minimum atomic E-state index is -4.76. The van der Waals surface area contributed by atoms with Crippen molar-refractivity contribution in [1.29, 1.82) is 0 Å². The number of amides is 2. The number of nitrogens with one attached hydrogen (secondary N) is 3. The van der Waals surface area contributed by atoms with Crippen LogP contribution in [0.25, 0.3) is 0 Å². The molecule has 2 aromatic rings. The molecule has 0 bridgehead atoms. The van der Waals surface area contributed by atoms with Gasteiger partial charge in [0.2, 0.25) is 0 Å². The van der Waals surface area contributed by atoms with Gasteiger partial charge in [0.1, 0.15) is 5.75 Å². The molecule has 2 amide bonds. The highest BCUT2D eigenvalue weighted by Gasteiger charge is 2.31. The number of halogens is 3. The Bertz CT molecular complexity index is 910. The molecule has 2 aromatic carbocycles. The summed E-state index contributed by atoms with van der Waals surface area (Å²) >= 11 is 0. The first kappa shape index (κ1) is 23.2. The molecular formula is C22H24F3N3O4. The second kappa shape index (κ2) is 10.3. The maximum atomic E-state index is 12.2. The predicted octanol–water partition coefficient (Wildman–Crippen LogP) is 4.92. The molecule has 0 aromatic heterocycles. The van der Waals surface area contributed by atoms with Crippen molar-refractivity contribution in [2.24, 2.45) is 0 Å². The summed E-state index contributed by atoms with van der Waals surface area (Å²) in [6, 6.07) is 11.9. The van der Waals surface area contributed by atoms with Crippen LogP contribution in [0.15, 0.2) is 48.5 Å². The van der Waals surface area contributed by atoms with Gasteiger partial charge in [-0.3, -0.25) is 0 Å². The van der Waals surface area contributed by atoms with E-state index in [-0.39, 0.29) is 23.8 Å². The molecule has 172 valence electrons. The second-order valence-corrected chi connectivity index (χ2v) is 7.43. The summed E-state index contributed by atoms with van der Waals surface area (Å²) in [5, 5.41) is 8.93. The Morgan fingerprint density at radius 2 is 1.44 bits per heavy atom. The summed E-state index contributed by atoms with van der Waals surface area (Å²) < 4.78 is 45.1. The van der Waals surface area contributed by atoms with Gasteiger partial charge in [-0.15, -0.1) is 13.2 Å². The lowest BCUT2D eigenvalue weighted by atomic mass is 9.91. The van der Waals surface area contributed by atoms with Crippen molar-refractivity contribution in [3.63, 3.8) is 0 Å². The van der Waals surface area contributed by atoms with E-state index < -0.39 is 12.4 Å². The topological polar surface area (TPSA) is 88.7 Å². The zero-order valence-corrected chi connectivity index (χ0v) is 17.4. The molecule has 32 heavy (non-hydrogen) atoms. The highest BCUT2D eigenvalue weighted by Crippen LogP contribution is 2.25. The summed E-state index contributed by atoms with van der Waals surface area (Å²) in [5.74, 6) is -0.735. The standard InChI is InChI=1S/C22H24F3N3O4/c1-31-20(29)14-2-4-15(5-3-14)26-16-6-8-17(9-7-16)27-21(30)28-18-10-12-19(13-11-18)32-22(23,24)25/h2-5,10-13,16-17,26H,6-9H2,1H3,(H2,27,28,30). The third-order valence-corrected chi connectivity index (χ3v) is 5.08. The Kier molecular flexibility index (Phi) is 7.45. The minimum Gasteiger partial charge on any atom is -0.465 e. The third-order valence-electron chi connectivity index (χ3n) is 5.08. The zero-order valence-electron chi connectivity index (χ0n) is 17.4. The fourth-order valence-electron chi connectivity index (χ4n) is 3.53. The van der Waals surface area contributed by atoms with Crippen LogP contribution in [0.4, 0.5) is 29.3 Å². The fraction of sp³-hybridized carbons (Fsp3) is 0.364. The van der Waals surface area contributed by atoms with Gasteiger partial charge in [-0.25, -0.2) is 9.59 Å². The van der Waals surface area contributed by atoms with Crippen LogP contribution in [-0.4, -0.2) is 37.6 Å². The van der Waals surface area contributed by atoms with Crippen LogP contribution in [-0.2, 0) is 4.74 Å². The molecule has 0 saturated heterocycles. The molecule has 1 fully saturated rings. The number of anilines is 2. The number of urea groups is 1.